The number of carbonyl (C=O) groups is 1. The molecule has 0 amide bonds. The van der Waals surface area contributed by atoms with Crippen LogP contribution in [0.4, 0.5) is 0 Å². The lowest BCUT2D eigenvalue weighted by molar-refractivity contribution is -0.104. The van der Waals surface area contributed by atoms with Crippen molar-refractivity contribution < 1.29 is 4.79 Å². The number of allylic oxidation sites excluding steroid dienone is 2. The molecule has 0 N–H and O–H groups in total. The fraction of sp³-hybridized carbons (Fsp3) is 0.625. The van der Waals surface area contributed by atoms with Crippen LogP contribution in [0.15, 0.2) is 10.8 Å². The smallest absolute Gasteiger partial charge is 0.142 e. The van der Waals surface area contributed by atoms with E-state index in [1.807, 2.05) is 13.8 Å². The molecule has 0 radical (unpaired) electrons. The van der Waals surface area contributed by atoms with Gasteiger partial charge in [-0.2, -0.15) is 0 Å². The van der Waals surface area contributed by atoms with Gasteiger partial charge in [-0.25, -0.2) is 0 Å². The van der Waals surface area contributed by atoms with Gasteiger partial charge < -0.3 is 0 Å². The van der Waals surface area contributed by atoms with Crippen LogP contribution < -0.4 is 0 Å². The fourth-order valence-electron chi connectivity index (χ4n) is 1.04. The molecule has 0 aliphatic carbocycles. The van der Waals surface area contributed by atoms with E-state index in [9.17, 15) is 4.79 Å². The van der Waals surface area contributed by atoms with Gasteiger partial charge in [0.15, 0.2) is 0 Å². The van der Waals surface area contributed by atoms with Crippen LogP contribution in [0.25, 0.3) is 0 Å². The zero-order chi connectivity index (χ0) is 8.36. The first-order valence-electron chi connectivity index (χ1n) is 3.52. The third-order valence-electron chi connectivity index (χ3n) is 1.46. The standard InChI is InChI=1S/C8H16OSi/c1-7(2)8(6-9)10(3,4)5/h6H,1-5H3. The summed E-state index contributed by atoms with van der Waals surface area (Å²) in [5, 5.41) is 1.05. The fourth-order valence-corrected chi connectivity index (χ4v) is 2.90. The molecule has 0 aliphatic heterocycles. The highest BCUT2D eigenvalue weighted by Gasteiger charge is 2.19. The van der Waals surface area contributed by atoms with Gasteiger partial charge in [0.2, 0.25) is 0 Å². The van der Waals surface area contributed by atoms with E-state index in [-0.39, 0.29) is 0 Å². The van der Waals surface area contributed by atoms with E-state index in [0.717, 1.165) is 11.5 Å². The Kier molecular flexibility index (Phi) is 3.03. The Morgan fingerprint density at radius 2 is 1.60 bits per heavy atom. The van der Waals surface area contributed by atoms with Gasteiger partial charge in [0, 0.05) is 0 Å². The van der Waals surface area contributed by atoms with Gasteiger partial charge in [-0.3, -0.25) is 4.79 Å². The van der Waals surface area contributed by atoms with E-state index < -0.39 is 8.07 Å². The molecule has 0 aliphatic rings. The molecule has 1 nitrogen and oxygen atoms in total. The Bertz CT molecular complexity index is 159. The van der Waals surface area contributed by atoms with Crippen LogP contribution in [-0.4, -0.2) is 14.4 Å². The summed E-state index contributed by atoms with van der Waals surface area (Å²) >= 11 is 0. The van der Waals surface area contributed by atoms with Crippen LogP contribution in [0.2, 0.25) is 19.6 Å². The first-order valence-corrected chi connectivity index (χ1v) is 7.02. The summed E-state index contributed by atoms with van der Waals surface area (Å²) in [4.78, 5) is 10.6. The molecule has 0 atom stereocenters. The summed E-state index contributed by atoms with van der Waals surface area (Å²) in [6, 6.07) is 0. The Morgan fingerprint density at radius 3 is 1.60 bits per heavy atom. The minimum Gasteiger partial charge on any atom is -0.299 e. The van der Waals surface area contributed by atoms with Crippen molar-refractivity contribution in [1.29, 1.82) is 0 Å². The predicted octanol–water partition coefficient (Wildman–Crippen LogP) is 2.40. The zero-order valence-electron chi connectivity index (χ0n) is 7.49. The molecule has 0 heterocycles. The second-order valence-corrected chi connectivity index (χ2v) is 8.82. The molecule has 0 fully saturated rings. The van der Waals surface area contributed by atoms with Gasteiger partial charge in [0.25, 0.3) is 0 Å². The molecule has 0 aromatic carbocycles. The van der Waals surface area contributed by atoms with E-state index >= 15 is 0 Å². The third-order valence-corrected chi connectivity index (χ3v) is 3.70. The maximum atomic E-state index is 10.6. The van der Waals surface area contributed by atoms with Crippen molar-refractivity contribution in [3.8, 4) is 0 Å². The number of carbonyl (C=O) groups excluding carboxylic acids is 1. The summed E-state index contributed by atoms with van der Waals surface area (Å²) in [5.41, 5.74) is 1.18. The van der Waals surface area contributed by atoms with Crippen LogP contribution in [0.1, 0.15) is 13.8 Å². The minimum atomic E-state index is -1.34. The lowest BCUT2D eigenvalue weighted by Crippen LogP contribution is -2.25. The number of hydrogen-bond donors (Lipinski definition) is 0. The summed E-state index contributed by atoms with van der Waals surface area (Å²) < 4.78 is 0. The van der Waals surface area contributed by atoms with Gasteiger partial charge in [0.1, 0.15) is 6.29 Å². The number of rotatable bonds is 2. The molecule has 0 aromatic rings. The van der Waals surface area contributed by atoms with E-state index in [1.54, 1.807) is 0 Å². The van der Waals surface area contributed by atoms with E-state index in [4.69, 9.17) is 0 Å². The summed E-state index contributed by atoms with van der Waals surface area (Å²) in [7, 11) is -1.34. The molecule has 0 spiro atoms. The lowest BCUT2D eigenvalue weighted by atomic mass is 10.3. The van der Waals surface area contributed by atoms with Gasteiger partial charge in [-0.05, 0) is 19.0 Å². The molecule has 0 saturated heterocycles. The molecular formula is C8H16OSi. The average Bonchev–Trinajstić information content (AvgIpc) is 1.60. The van der Waals surface area contributed by atoms with E-state index in [2.05, 4.69) is 19.6 Å². The quantitative estimate of drug-likeness (QED) is 0.341. The third kappa shape index (κ3) is 2.48. The summed E-state index contributed by atoms with van der Waals surface area (Å²) in [6.07, 6.45) is 1.02. The van der Waals surface area contributed by atoms with Crippen LogP contribution in [0.3, 0.4) is 0 Å². The highest BCUT2D eigenvalue weighted by atomic mass is 28.3. The highest BCUT2D eigenvalue weighted by molar-refractivity contribution is 6.86. The SMILES string of the molecule is CC(C)=C(C=O)[Si](C)(C)C. The van der Waals surface area contributed by atoms with Crippen molar-refractivity contribution in [3.05, 3.63) is 10.8 Å². The van der Waals surface area contributed by atoms with Crippen molar-refractivity contribution in [2.24, 2.45) is 0 Å². The summed E-state index contributed by atoms with van der Waals surface area (Å²) in [5.74, 6) is 0. The van der Waals surface area contributed by atoms with Gasteiger partial charge in [-0.15, -0.1) is 0 Å². The Hall–Kier alpha value is -0.373. The molecule has 0 aromatic heterocycles. The Labute approximate surface area is 64.1 Å². The molecular weight excluding hydrogens is 140 g/mol. The van der Waals surface area contributed by atoms with Gasteiger partial charge >= 0.3 is 0 Å². The Morgan fingerprint density at radius 1 is 1.20 bits per heavy atom. The average molecular weight is 156 g/mol. The molecule has 10 heavy (non-hydrogen) atoms. The van der Waals surface area contributed by atoms with Crippen molar-refractivity contribution in [1.82, 2.24) is 0 Å². The topological polar surface area (TPSA) is 17.1 Å². The molecule has 2 heteroatoms. The van der Waals surface area contributed by atoms with Crippen molar-refractivity contribution in [2.45, 2.75) is 33.5 Å². The largest absolute Gasteiger partial charge is 0.299 e. The van der Waals surface area contributed by atoms with Gasteiger partial charge in [-0.1, -0.05) is 25.2 Å². The first kappa shape index (κ1) is 9.63. The number of hydrogen-bond acceptors (Lipinski definition) is 1. The predicted molar refractivity (Wildman–Crippen MR) is 47.8 cm³/mol. The van der Waals surface area contributed by atoms with Crippen LogP contribution in [-0.2, 0) is 4.79 Å². The van der Waals surface area contributed by atoms with Gasteiger partial charge in [0.05, 0.1) is 8.07 Å². The lowest BCUT2D eigenvalue weighted by Gasteiger charge is -2.16. The monoisotopic (exact) mass is 156 g/mol. The molecule has 0 bridgehead atoms. The highest BCUT2D eigenvalue weighted by Crippen LogP contribution is 2.15. The second kappa shape index (κ2) is 3.15. The maximum absolute atomic E-state index is 10.6. The summed E-state index contributed by atoms with van der Waals surface area (Å²) in [6.45, 7) is 10.6. The molecule has 0 rings (SSSR count). The number of aldehydes is 1. The van der Waals surface area contributed by atoms with Crippen molar-refractivity contribution in [2.75, 3.05) is 0 Å². The molecule has 0 unspecified atom stereocenters. The first-order chi connectivity index (χ1) is 4.39. The normalized spacial score (nSPS) is 10.9. The molecule has 0 saturated carbocycles. The molecule has 58 valence electrons. The van der Waals surface area contributed by atoms with Crippen molar-refractivity contribution in [3.63, 3.8) is 0 Å². The van der Waals surface area contributed by atoms with Crippen LogP contribution >= 0.6 is 0 Å². The van der Waals surface area contributed by atoms with Crippen LogP contribution in [0, 0.1) is 0 Å². The zero-order valence-corrected chi connectivity index (χ0v) is 8.49. The second-order valence-electron chi connectivity index (χ2n) is 3.78. The maximum Gasteiger partial charge on any atom is 0.142 e. The minimum absolute atomic E-state index is 1.02. The Balaban J connectivity index is 4.71. The van der Waals surface area contributed by atoms with E-state index in [0.29, 0.717) is 0 Å². The van der Waals surface area contributed by atoms with E-state index in [1.165, 1.54) is 5.57 Å². The van der Waals surface area contributed by atoms with Crippen LogP contribution in [0.5, 0.6) is 0 Å². The van der Waals surface area contributed by atoms with Crippen molar-refractivity contribution >= 4 is 14.4 Å².